The van der Waals surface area contributed by atoms with Crippen molar-refractivity contribution in [1.82, 2.24) is 15.5 Å². The summed E-state index contributed by atoms with van der Waals surface area (Å²) >= 11 is 0. The lowest BCUT2D eigenvalue weighted by molar-refractivity contribution is -0.120. The molecule has 4 heteroatoms. The number of rotatable bonds is 5. The van der Waals surface area contributed by atoms with Gasteiger partial charge < -0.3 is 15.5 Å². The Balaban J connectivity index is 1.64. The van der Waals surface area contributed by atoms with Crippen molar-refractivity contribution in [3.8, 4) is 0 Å². The highest BCUT2D eigenvalue weighted by atomic mass is 16.2. The van der Waals surface area contributed by atoms with Gasteiger partial charge in [0, 0.05) is 18.6 Å². The number of likely N-dealkylation sites (tertiary alicyclic amines) is 1. The first-order valence-corrected chi connectivity index (χ1v) is 6.86. The monoisotopic (exact) mass is 239 g/mol. The summed E-state index contributed by atoms with van der Waals surface area (Å²) in [5.41, 5.74) is 0. The first kappa shape index (κ1) is 12.8. The molecule has 2 fully saturated rings. The van der Waals surface area contributed by atoms with Crippen molar-refractivity contribution < 1.29 is 4.79 Å². The zero-order chi connectivity index (χ0) is 12.3. The summed E-state index contributed by atoms with van der Waals surface area (Å²) in [6, 6.07) is 0.906. The van der Waals surface area contributed by atoms with Crippen molar-refractivity contribution in [1.29, 1.82) is 0 Å². The molecule has 0 spiro atoms. The van der Waals surface area contributed by atoms with Gasteiger partial charge in [-0.1, -0.05) is 0 Å². The molecule has 98 valence electrons. The average Bonchev–Trinajstić information content (AvgIpc) is 3.10. The average molecular weight is 239 g/mol. The molecule has 1 saturated heterocycles. The van der Waals surface area contributed by atoms with E-state index >= 15 is 0 Å². The maximum atomic E-state index is 11.6. The SMILES string of the molecule is CC(NCC(=O)NC1CC1)C1CCCN(C)C1. The molecule has 2 unspecified atom stereocenters. The zero-order valence-corrected chi connectivity index (χ0v) is 11.0. The predicted molar refractivity (Wildman–Crippen MR) is 68.9 cm³/mol. The van der Waals surface area contributed by atoms with Gasteiger partial charge in [-0.25, -0.2) is 0 Å². The molecule has 2 atom stereocenters. The molecule has 1 saturated carbocycles. The van der Waals surface area contributed by atoms with E-state index in [0.717, 1.165) is 19.4 Å². The Kier molecular flexibility index (Phi) is 4.40. The van der Waals surface area contributed by atoms with Crippen molar-refractivity contribution in [2.24, 2.45) is 5.92 Å². The lowest BCUT2D eigenvalue weighted by Gasteiger charge is -2.33. The summed E-state index contributed by atoms with van der Waals surface area (Å²) < 4.78 is 0. The Bertz CT molecular complexity index is 265. The molecule has 0 aromatic rings. The summed E-state index contributed by atoms with van der Waals surface area (Å²) in [5, 5.41) is 6.38. The molecule has 1 amide bonds. The lowest BCUT2D eigenvalue weighted by Crippen LogP contribution is -2.46. The maximum absolute atomic E-state index is 11.6. The highest BCUT2D eigenvalue weighted by molar-refractivity contribution is 5.78. The van der Waals surface area contributed by atoms with Gasteiger partial charge in [0.25, 0.3) is 0 Å². The molecule has 2 rings (SSSR count). The van der Waals surface area contributed by atoms with E-state index in [0.29, 0.717) is 24.5 Å². The van der Waals surface area contributed by atoms with Crippen LogP contribution < -0.4 is 10.6 Å². The summed E-state index contributed by atoms with van der Waals surface area (Å²) in [5.74, 6) is 0.839. The molecule has 0 aromatic carbocycles. The van der Waals surface area contributed by atoms with E-state index in [1.807, 2.05) is 0 Å². The van der Waals surface area contributed by atoms with Gasteiger partial charge in [0.15, 0.2) is 0 Å². The Morgan fingerprint density at radius 3 is 2.82 bits per heavy atom. The van der Waals surface area contributed by atoms with Crippen molar-refractivity contribution in [2.75, 3.05) is 26.7 Å². The van der Waals surface area contributed by atoms with Crippen LogP contribution in [-0.4, -0.2) is 49.6 Å². The highest BCUT2D eigenvalue weighted by Gasteiger charge is 2.25. The molecule has 0 radical (unpaired) electrons. The molecule has 1 aliphatic heterocycles. The van der Waals surface area contributed by atoms with Gasteiger partial charge in [0.2, 0.25) is 5.91 Å². The Morgan fingerprint density at radius 1 is 1.41 bits per heavy atom. The fourth-order valence-electron chi connectivity index (χ4n) is 2.54. The van der Waals surface area contributed by atoms with Crippen molar-refractivity contribution in [2.45, 2.75) is 44.7 Å². The van der Waals surface area contributed by atoms with Gasteiger partial charge in [0.1, 0.15) is 0 Å². The van der Waals surface area contributed by atoms with E-state index in [2.05, 4.69) is 29.5 Å². The summed E-state index contributed by atoms with van der Waals surface area (Å²) in [4.78, 5) is 13.9. The van der Waals surface area contributed by atoms with E-state index in [9.17, 15) is 4.79 Å². The number of carbonyl (C=O) groups excluding carboxylic acids is 1. The third-order valence-corrected chi connectivity index (χ3v) is 3.90. The first-order chi connectivity index (χ1) is 8.15. The second-order valence-electron chi connectivity index (χ2n) is 5.68. The fraction of sp³-hybridized carbons (Fsp3) is 0.923. The van der Waals surface area contributed by atoms with Crippen molar-refractivity contribution >= 4 is 5.91 Å². The molecular formula is C13H25N3O. The van der Waals surface area contributed by atoms with Crippen molar-refractivity contribution in [3.05, 3.63) is 0 Å². The third kappa shape index (κ3) is 4.28. The lowest BCUT2D eigenvalue weighted by atomic mass is 9.92. The molecule has 2 aliphatic rings. The third-order valence-electron chi connectivity index (χ3n) is 3.90. The molecule has 2 N–H and O–H groups in total. The number of piperidine rings is 1. The van der Waals surface area contributed by atoms with E-state index in [1.54, 1.807) is 0 Å². The number of nitrogens with one attached hydrogen (secondary N) is 2. The minimum atomic E-state index is 0.156. The summed E-state index contributed by atoms with van der Waals surface area (Å²) in [7, 11) is 2.18. The number of nitrogens with zero attached hydrogens (tertiary/aromatic N) is 1. The van der Waals surface area contributed by atoms with Gasteiger partial charge in [-0.3, -0.25) is 4.79 Å². The molecule has 0 aromatic heterocycles. The van der Waals surface area contributed by atoms with E-state index in [1.165, 1.54) is 19.4 Å². The van der Waals surface area contributed by atoms with Crippen molar-refractivity contribution in [3.63, 3.8) is 0 Å². The molecule has 1 heterocycles. The number of amides is 1. The van der Waals surface area contributed by atoms with Crippen LogP contribution >= 0.6 is 0 Å². The predicted octanol–water partition coefficient (Wildman–Crippen LogP) is 0.585. The molecule has 17 heavy (non-hydrogen) atoms. The van der Waals surface area contributed by atoms with Gasteiger partial charge >= 0.3 is 0 Å². The van der Waals surface area contributed by atoms with E-state index < -0.39 is 0 Å². The minimum absolute atomic E-state index is 0.156. The Labute approximate surface area is 104 Å². The smallest absolute Gasteiger partial charge is 0.234 e. The van der Waals surface area contributed by atoms with E-state index in [4.69, 9.17) is 0 Å². The van der Waals surface area contributed by atoms with Gasteiger partial charge in [0.05, 0.1) is 6.54 Å². The number of carbonyl (C=O) groups is 1. The van der Waals surface area contributed by atoms with Crippen LogP contribution in [0.25, 0.3) is 0 Å². The summed E-state index contributed by atoms with van der Waals surface area (Å²) in [6.07, 6.45) is 4.88. The van der Waals surface area contributed by atoms with Crippen LogP contribution in [0.4, 0.5) is 0 Å². The first-order valence-electron chi connectivity index (χ1n) is 6.86. The van der Waals surface area contributed by atoms with Crippen LogP contribution in [0.2, 0.25) is 0 Å². The second-order valence-corrected chi connectivity index (χ2v) is 5.68. The number of hydrogen-bond donors (Lipinski definition) is 2. The largest absolute Gasteiger partial charge is 0.352 e. The van der Waals surface area contributed by atoms with E-state index in [-0.39, 0.29) is 5.91 Å². The Morgan fingerprint density at radius 2 is 2.18 bits per heavy atom. The van der Waals surface area contributed by atoms with Gasteiger partial charge in [-0.05, 0) is 52.1 Å². The second kappa shape index (κ2) is 5.83. The zero-order valence-electron chi connectivity index (χ0n) is 11.0. The number of hydrogen-bond acceptors (Lipinski definition) is 3. The highest BCUT2D eigenvalue weighted by Crippen LogP contribution is 2.19. The van der Waals surface area contributed by atoms with Gasteiger partial charge in [-0.2, -0.15) is 0 Å². The van der Waals surface area contributed by atoms with Crippen LogP contribution in [0, 0.1) is 5.92 Å². The van der Waals surface area contributed by atoms with Crippen LogP contribution in [0.5, 0.6) is 0 Å². The maximum Gasteiger partial charge on any atom is 0.234 e. The molecule has 1 aliphatic carbocycles. The molecule has 4 nitrogen and oxygen atoms in total. The standard InChI is InChI=1S/C13H25N3O/c1-10(11-4-3-7-16(2)9-11)14-8-13(17)15-12-5-6-12/h10-12,14H,3-9H2,1-2H3,(H,15,17). The summed E-state index contributed by atoms with van der Waals surface area (Å²) in [6.45, 7) is 5.04. The normalized spacial score (nSPS) is 27.8. The molecular weight excluding hydrogens is 214 g/mol. The van der Waals surface area contributed by atoms with Crippen LogP contribution in [-0.2, 0) is 4.79 Å². The van der Waals surface area contributed by atoms with Crippen LogP contribution in [0.15, 0.2) is 0 Å². The fourth-order valence-corrected chi connectivity index (χ4v) is 2.54. The van der Waals surface area contributed by atoms with Crippen LogP contribution in [0.3, 0.4) is 0 Å². The van der Waals surface area contributed by atoms with Crippen LogP contribution in [0.1, 0.15) is 32.6 Å². The topological polar surface area (TPSA) is 44.4 Å². The minimum Gasteiger partial charge on any atom is -0.352 e. The van der Waals surface area contributed by atoms with Gasteiger partial charge in [-0.15, -0.1) is 0 Å². The Hall–Kier alpha value is -0.610. The quantitative estimate of drug-likeness (QED) is 0.738. The molecule has 0 bridgehead atoms.